The molecule has 0 amide bonds. The van der Waals surface area contributed by atoms with Crippen molar-refractivity contribution in [1.82, 2.24) is 9.80 Å². The van der Waals surface area contributed by atoms with Gasteiger partial charge in [-0.2, -0.15) is 0 Å². The van der Waals surface area contributed by atoms with Gasteiger partial charge in [-0.15, -0.1) is 0 Å². The van der Waals surface area contributed by atoms with E-state index in [1.54, 1.807) is 0 Å². The number of benzene rings is 2. The van der Waals surface area contributed by atoms with Crippen LogP contribution in [0.5, 0.6) is 5.75 Å². The van der Waals surface area contributed by atoms with Gasteiger partial charge in [0, 0.05) is 35.6 Å². The van der Waals surface area contributed by atoms with Crippen LogP contribution >= 0.6 is 11.6 Å². The summed E-state index contributed by atoms with van der Waals surface area (Å²) < 4.78 is 6.45. The summed E-state index contributed by atoms with van der Waals surface area (Å²) in [6, 6.07) is 15.6. The highest BCUT2D eigenvalue weighted by molar-refractivity contribution is 6.31. The van der Waals surface area contributed by atoms with Gasteiger partial charge < -0.3 is 9.64 Å². The topological polar surface area (TPSA) is 15.7 Å². The molecule has 30 heavy (non-hydrogen) atoms. The second kappa shape index (κ2) is 9.30. The van der Waals surface area contributed by atoms with Gasteiger partial charge in [-0.1, -0.05) is 48.4 Å². The number of piperidine rings is 1. The first-order valence-electron chi connectivity index (χ1n) is 11.8. The van der Waals surface area contributed by atoms with Crippen LogP contribution in [0.15, 0.2) is 42.5 Å². The number of nitrogens with zero attached hydrogens (tertiary/aromatic N) is 2. The molecule has 0 unspecified atom stereocenters. The Balaban J connectivity index is 1.38. The van der Waals surface area contributed by atoms with E-state index in [9.17, 15) is 0 Å². The fraction of sp³-hybridized carbons (Fsp3) is 0.538. The third-order valence-electron chi connectivity index (χ3n) is 7.19. The lowest BCUT2D eigenvalue weighted by Gasteiger charge is -2.38. The van der Waals surface area contributed by atoms with Gasteiger partial charge in [-0.05, 0) is 75.0 Å². The standard InChI is InChI=1S/C26H33ClN2O/c27-23-11-3-2-9-20(23)22-19-29-17-7-12-24(29)21-10-6-13-25(26(21)22)30-18-8-16-28-14-4-1-5-15-28/h2-3,6,9-11,13,22,24H,1,4-5,7-8,12,14-19H2/t22-,24+/m0/s1. The van der Waals surface area contributed by atoms with E-state index in [0.717, 1.165) is 36.9 Å². The largest absolute Gasteiger partial charge is 0.493 e. The zero-order valence-electron chi connectivity index (χ0n) is 17.9. The van der Waals surface area contributed by atoms with Crippen LogP contribution in [0.4, 0.5) is 0 Å². The van der Waals surface area contributed by atoms with Crippen LogP contribution in [0.25, 0.3) is 0 Å². The lowest BCUT2D eigenvalue weighted by molar-refractivity contribution is 0.200. The number of fused-ring (bicyclic) bond motifs is 3. The summed E-state index contributed by atoms with van der Waals surface area (Å²) in [5.41, 5.74) is 4.07. The number of halogens is 1. The monoisotopic (exact) mass is 424 g/mol. The maximum Gasteiger partial charge on any atom is 0.123 e. The van der Waals surface area contributed by atoms with Crippen molar-refractivity contribution in [3.63, 3.8) is 0 Å². The third-order valence-corrected chi connectivity index (χ3v) is 7.54. The molecule has 3 heterocycles. The predicted molar refractivity (Wildman–Crippen MR) is 124 cm³/mol. The normalized spacial score (nSPS) is 24.4. The van der Waals surface area contributed by atoms with E-state index < -0.39 is 0 Å². The Bertz CT molecular complexity index is 864. The van der Waals surface area contributed by atoms with Crippen LogP contribution in [0.3, 0.4) is 0 Å². The first-order chi connectivity index (χ1) is 14.8. The van der Waals surface area contributed by atoms with Crippen molar-refractivity contribution in [2.75, 3.05) is 39.3 Å². The number of hydrogen-bond donors (Lipinski definition) is 0. The Morgan fingerprint density at radius 2 is 1.73 bits per heavy atom. The molecule has 4 heteroatoms. The van der Waals surface area contributed by atoms with Crippen LogP contribution < -0.4 is 4.74 Å². The van der Waals surface area contributed by atoms with Gasteiger partial charge in [-0.3, -0.25) is 4.90 Å². The van der Waals surface area contributed by atoms with E-state index in [1.807, 2.05) is 12.1 Å². The minimum absolute atomic E-state index is 0.279. The van der Waals surface area contributed by atoms with Gasteiger partial charge in [0.05, 0.1) is 6.61 Å². The van der Waals surface area contributed by atoms with Crippen molar-refractivity contribution in [2.45, 2.75) is 50.5 Å². The molecule has 5 rings (SSSR count). The van der Waals surface area contributed by atoms with Crippen molar-refractivity contribution in [3.05, 3.63) is 64.2 Å². The predicted octanol–water partition coefficient (Wildman–Crippen LogP) is 5.88. The van der Waals surface area contributed by atoms with Crippen LogP contribution in [-0.4, -0.2) is 49.1 Å². The minimum Gasteiger partial charge on any atom is -0.493 e. The molecule has 3 nitrogen and oxygen atoms in total. The summed E-state index contributed by atoms with van der Waals surface area (Å²) in [6.45, 7) is 6.68. The van der Waals surface area contributed by atoms with Crippen molar-refractivity contribution in [3.8, 4) is 5.75 Å². The molecule has 0 saturated carbocycles. The Kier molecular flexibility index (Phi) is 6.31. The molecular weight excluding hydrogens is 392 g/mol. The Labute approximate surface area is 186 Å². The van der Waals surface area contributed by atoms with Gasteiger partial charge in [0.2, 0.25) is 0 Å². The van der Waals surface area contributed by atoms with Gasteiger partial charge >= 0.3 is 0 Å². The fourth-order valence-electron chi connectivity index (χ4n) is 5.74. The Morgan fingerprint density at radius 3 is 2.60 bits per heavy atom. The molecule has 2 aromatic carbocycles. The summed E-state index contributed by atoms with van der Waals surface area (Å²) in [4.78, 5) is 5.24. The molecule has 2 fully saturated rings. The van der Waals surface area contributed by atoms with E-state index in [4.69, 9.17) is 16.3 Å². The minimum atomic E-state index is 0.279. The average molecular weight is 425 g/mol. The molecule has 160 valence electrons. The highest BCUT2D eigenvalue weighted by atomic mass is 35.5. The highest BCUT2D eigenvalue weighted by Gasteiger charge is 2.38. The second-order valence-electron chi connectivity index (χ2n) is 9.09. The number of hydrogen-bond acceptors (Lipinski definition) is 3. The highest BCUT2D eigenvalue weighted by Crippen LogP contribution is 2.48. The molecule has 2 atom stereocenters. The smallest absolute Gasteiger partial charge is 0.123 e. The maximum absolute atomic E-state index is 6.67. The fourth-order valence-corrected chi connectivity index (χ4v) is 6.01. The zero-order valence-corrected chi connectivity index (χ0v) is 18.6. The molecule has 0 aliphatic carbocycles. The van der Waals surface area contributed by atoms with Crippen LogP contribution in [0.2, 0.25) is 5.02 Å². The molecule has 2 aromatic rings. The molecule has 0 aromatic heterocycles. The Hall–Kier alpha value is -1.55. The molecule has 0 spiro atoms. The maximum atomic E-state index is 6.67. The second-order valence-corrected chi connectivity index (χ2v) is 9.50. The molecular formula is C26H33ClN2O. The summed E-state index contributed by atoms with van der Waals surface area (Å²) in [5, 5.41) is 0.867. The quantitative estimate of drug-likeness (QED) is 0.538. The lowest BCUT2D eigenvalue weighted by atomic mass is 9.81. The van der Waals surface area contributed by atoms with Gasteiger partial charge in [0.15, 0.2) is 0 Å². The van der Waals surface area contributed by atoms with E-state index in [0.29, 0.717) is 6.04 Å². The summed E-state index contributed by atoms with van der Waals surface area (Å²) in [6.07, 6.45) is 7.72. The van der Waals surface area contributed by atoms with Gasteiger partial charge in [0.25, 0.3) is 0 Å². The van der Waals surface area contributed by atoms with Crippen LogP contribution in [0, 0.1) is 0 Å². The lowest BCUT2D eigenvalue weighted by Crippen LogP contribution is -2.35. The van der Waals surface area contributed by atoms with Gasteiger partial charge in [0.1, 0.15) is 5.75 Å². The van der Waals surface area contributed by atoms with Crippen molar-refractivity contribution < 1.29 is 4.74 Å². The molecule has 2 saturated heterocycles. The van der Waals surface area contributed by atoms with Crippen molar-refractivity contribution in [2.24, 2.45) is 0 Å². The number of ether oxygens (including phenoxy) is 1. The SMILES string of the molecule is Clc1ccccc1[C@@H]1CN2CCC[C@@H]2c2cccc(OCCCN3CCCCC3)c21. The van der Waals surface area contributed by atoms with Crippen molar-refractivity contribution >= 4 is 11.6 Å². The Morgan fingerprint density at radius 1 is 0.900 bits per heavy atom. The van der Waals surface area contributed by atoms with E-state index >= 15 is 0 Å². The molecule has 3 aliphatic rings. The summed E-state index contributed by atoms with van der Waals surface area (Å²) >= 11 is 6.67. The zero-order chi connectivity index (χ0) is 20.3. The van der Waals surface area contributed by atoms with E-state index in [2.05, 4.69) is 40.1 Å². The van der Waals surface area contributed by atoms with E-state index in [-0.39, 0.29) is 5.92 Å². The third kappa shape index (κ3) is 4.12. The molecule has 3 aliphatic heterocycles. The number of rotatable bonds is 6. The number of likely N-dealkylation sites (tertiary alicyclic amines) is 1. The van der Waals surface area contributed by atoms with Crippen LogP contribution in [-0.2, 0) is 0 Å². The van der Waals surface area contributed by atoms with Gasteiger partial charge in [-0.25, -0.2) is 0 Å². The first kappa shape index (κ1) is 20.4. The summed E-state index contributed by atoms with van der Waals surface area (Å²) in [5.74, 6) is 1.35. The molecule has 0 radical (unpaired) electrons. The van der Waals surface area contributed by atoms with E-state index in [1.165, 1.54) is 68.4 Å². The summed E-state index contributed by atoms with van der Waals surface area (Å²) in [7, 11) is 0. The molecule has 0 bridgehead atoms. The molecule has 0 N–H and O–H groups in total. The average Bonchev–Trinajstić information content (AvgIpc) is 3.26. The first-order valence-corrected chi connectivity index (χ1v) is 12.2. The van der Waals surface area contributed by atoms with Crippen LogP contribution in [0.1, 0.15) is 67.2 Å². The van der Waals surface area contributed by atoms with Crippen molar-refractivity contribution in [1.29, 1.82) is 0 Å².